The van der Waals surface area contributed by atoms with E-state index in [9.17, 15) is 5.11 Å². The van der Waals surface area contributed by atoms with Crippen LogP contribution in [0.5, 0.6) is 11.5 Å². The lowest BCUT2D eigenvalue weighted by Crippen LogP contribution is -2.49. The Bertz CT molecular complexity index is 463. The lowest BCUT2D eigenvalue weighted by atomic mass is 9.62. The number of rotatable bonds is 1. The third kappa shape index (κ3) is 2.33. The summed E-state index contributed by atoms with van der Waals surface area (Å²) in [5.74, 6) is 1.51. The van der Waals surface area contributed by atoms with Crippen LogP contribution < -0.4 is 9.47 Å². The zero-order valence-electron chi connectivity index (χ0n) is 13.4. The fourth-order valence-corrected chi connectivity index (χ4v) is 4.49. The van der Waals surface area contributed by atoms with Gasteiger partial charge in [-0.3, -0.25) is 0 Å². The molecule has 2 heterocycles. The van der Waals surface area contributed by atoms with E-state index in [4.69, 9.17) is 9.47 Å². The van der Waals surface area contributed by atoms with Crippen molar-refractivity contribution in [3.05, 3.63) is 10.3 Å². The summed E-state index contributed by atoms with van der Waals surface area (Å²) >= 11 is 1.54. The molecule has 0 atom stereocenters. The summed E-state index contributed by atoms with van der Waals surface area (Å²) in [7, 11) is 0. The minimum atomic E-state index is -0.980. The third-order valence-corrected chi connectivity index (χ3v) is 5.05. The first kappa shape index (κ1) is 15.6. The predicted molar refractivity (Wildman–Crippen MR) is 82.7 cm³/mol. The van der Waals surface area contributed by atoms with Gasteiger partial charge >= 0.3 is 0 Å². The molecular formula is C16H26O3S. The molecule has 1 aliphatic heterocycles. The third-order valence-electron chi connectivity index (χ3n) is 4.01. The molecule has 20 heavy (non-hydrogen) atoms. The molecule has 0 unspecified atom stereocenters. The number of aliphatic hydroxyl groups is 1. The van der Waals surface area contributed by atoms with Crippen LogP contribution in [0.1, 0.15) is 52.8 Å². The van der Waals surface area contributed by atoms with Crippen LogP contribution in [0.2, 0.25) is 0 Å². The molecule has 2 rings (SSSR count). The first-order valence-electron chi connectivity index (χ1n) is 7.19. The number of fused-ring (bicyclic) bond motifs is 1. The Morgan fingerprint density at radius 2 is 1.55 bits per heavy atom. The van der Waals surface area contributed by atoms with E-state index < -0.39 is 5.60 Å². The smallest absolute Gasteiger partial charge is 0.178 e. The van der Waals surface area contributed by atoms with Crippen LogP contribution in [0, 0.1) is 10.8 Å². The van der Waals surface area contributed by atoms with E-state index in [0.717, 1.165) is 22.8 Å². The largest absolute Gasteiger partial charge is 0.489 e. The molecule has 0 amide bonds. The number of hydrogen-bond donors (Lipinski definition) is 1. The Morgan fingerprint density at radius 3 is 2.10 bits per heavy atom. The highest BCUT2D eigenvalue weighted by molar-refractivity contribution is 7.10. The van der Waals surface area contributed by atoms with Gasteiger partial charge in [0.15, 0.2) is 11.5 Å². The monoisotopic (exact) mass is 298 g/mol. The minimum Gasteiger partial charge on any atom is -0.489 e. The van der Waals surface area contributed by atoms with Crippen molar-refractivity contribution in [2.45, 2.75) is 53.6 Å². The summed E-state index contributed by atoms with van der Waals surface area (Å²) in [6.45, 7) is 13.7. The normalized spacial score (nSPS) is 16.9. The molecule has 0 spiro atoms. The molecule has 0 aromatic carbocycles. The van der Waals surface area contributed by atoms with Crippen LogP contribution in [0.25, 0.3) is 0 Å². The number of ether oxygens (including phenoxy) is 2. The van der Waals surface area contributed by atoms with E-state index >= 15 is 0 Å². The van der Waals surface area contributed by atoms with Crippen molar-refractivity contribution in [1.29, 1.82) is 0 Å². The average molecular weight is 298 g/mol. The molecule has 0 saturated carbocycles. The van der Waals surface area contributed by atoms with Gasteiger partial charge in [0.05, 0.1) is 18.1 Å². The standard InChI is InChI=1S/C16H26O3S/c1-14(2,3)16(17,15(4,5)6)13-12-11(10-20-13)18-8-7-9-19-12/h10,17H,7-9H2,1-6H3. The van der Waals surface area contributed by atoms with Gasteiger partial charge in [-0.1, -0.05) is 41.5 Å². The molecule has 1 aromatic heterocycles. The summed E-state index contributed by atoms with van der Waals surface area (Å²) in [5.41, 5.74) is -1.59. The summed E-state index contributed by atoms with van der Waals surface area (Å²) in [6.07, 6.45) is 0.877. The van der Waals surface area contributed by atoms with Gasteiger partial charge in [0.2, 0.25) is 0 Å². The van der Waals surface area contributed by atoms with Crippen molar-refractivity contribution in [2.75, 3.05) is 13.2 Å². The van der Waals surface area contributed by atoms with Crippen LogP contribution in [0.4, 0.5) is 0 Å². The molecule has 0 radical (unpaired) electrons. The van der Waals surface area contributed by atoms with E-state index in [1.807, 2.05) is 5.38 Å². The van der Waals surface area contributed by atoms with Gasteiger partial charge in [-0.2, -0.15) is 0 Å². The summed E-state index contributed by atoms with van der Waals surface area (Å²) in [5, 5.41) is 13.5. The zero-order valence-corrected chi connectivity index (χ0v) is 14.2. The van der Waals surface area contributed by atoms with Gasteiger partial charge in [-0.15, -0.1) is 11.3 Å². The van der Waals surface area contributed by atoms with Crippen LogP contribution in [0.3, 0.4) is 0 Å². The predicted octanol–water partition coefficient (Wildman–Crippen LogP) is 4.19. The van der Waals surface area contributed by atoms with Crippen molar-refractivity contribution in [1.82, 2.24) is 0 Å². The quantitative estimate of drug-likeness (QED) is 0.845. The van der Waals surface area contributed by atoms with Crippen LogP contribution in [0.15, 0.2) is 5.38 Å². The summed E-state index contributed by atoms with van der Waals surface area (Å²) < 4.78 is 11.6. The van der Waals surface area contributed by atoms with Gasteiger partial charge in [0, 0.05) is 11.8 Å². The van der Waals surface area contributed by atoms with Gasteiger partial charge < -0.3 is 14.6 Å². The van der Waals surface area contributed by atoms with Crippen LogP contribution in [-0.2, 0) is 5.60 Å². The van der Waals surface area contributed by atoms with Crippen molar-refractivity contribution in [2.24, 2.45) is 10.8 Å². The maximum absolute atomic E-state index is 11.6. The second-order valence-electron chi connectivity index (χ2n) is 7.52. The highest BCUT2D eigenvalue weighted by Crippen LogP contribution is 2.57. The van der Waals surface area contributed by atoms with Gasteiger partial charge in [0.25, 0.3) is 0 Å². The van der Waals surface area contributed by atoms with E-state index in [0.29, 0.717) is 13.2 Å². The van der Waals surface area contributed by atoms with Crippen LogP contribution in [-0.4, -0.2) is 18.3 Å². The fraction of sp³-hybridized carbons (Fsp3) is 0.750. The van der Waals surface area contributed by atoms with Gasteiger partial charge in [0.1, 0.15) is 5.60 Å². The number of thiophene rings is 1. The van der Waals surface area contributed by atoms with Crippen LogP contribution >= 0.6 is 11.3 Å². The van der Waals surface area contributed by atoms with Gasteiger partial charge in [-0.25, -0.2) is 0 Å². The van der Waals surface area contributed by atoms with E-state index in [1.54, 1.807) is 0 Å². The molecule has 1 aromatic rings. The number of hydrogen-bond acceptors (Lipinski definition) is 4. The molecule has 114 valence electrons. The average Bonchev–Trinajstić information content (AvgIpc) is 2.54. The Morgan fingerprint density at radius 1 is 1.00 bits per heavy atom. The highest BCUT2D eigenvalue weighted by Gasteiger charge is 2.53. The second kappa shape index (κ2) is 4.92. The molecule has 1 aliphatic rings. The molecule has 3 nitrogen and oxygen atoms in total. The van der Waals surface area contributed by atoms with E-state index in [-0.39, 0.29) is 10.8 Å². The van der Waals surface area contributed by atoms with Crippen molar-refractivity contribution in [3.63, 3.8) is 0 Å². The topological polar surface area (TPSA) is 38.7 Å². The molecule has 0 aliphatic carbocycles. The molecule has 0 fully saturated rings. The maximum atomic E-state index is 11.6. The Balaban J connectivity index is 2.60. The second-order valence-corrected chi connectivity index (χ2v) is 8.40. The SMILES string of the molecule is CC(C)(C)C(O)(c1scc2c1OCCCO2)C(C)(C)C. The minimum absolute atomic E-state index is 0.306. The molecule has 1 N–H and O–H groups in total. The molecule has 0 bridgehead atoms. The molecular weight excluding hydrogens is 272 g/mol. The lowest BCUT2D eigenvalue weighted by Gasteiger charge is -2.49. The molecule has 4 heteroatoms. The first-order chi connectivity index (χ1) is 9.09. The summed E-state index contributed by atoms with van der Waals surface area (Å²) in [6, 6.07) is 0. The lowest BCUT2D eigenvalue weighted by molar-refractivity contribution is -0.143. The van der Waals surface area contributed by atoms with E-state index in [2.05, 4.69) is 41.5 Å². The van der Waals surface area contributed by atoms with Crippen molar-refractivity contribution < 1.29 is 14.6 Å². The first-order valence-corrected chi connectivity index (χ1v) is 8.07. The van der Waals surface area contributed by atoms with Crippen molar-refractivity contribution in [3.8, 4) is 11.5 Å². The fourth-order valence-electron chi connectivity index (χ4n) is 3.04. The Kier molecular flexibility index (Phi) is 3.85. The maximum Gasteiger partial charge on any atom is 0.178 e. The van der Waals surface area contributed by atoms with E-state index in [1.165, 1.54) is 11.3 Å². The Labute approximate surface area is 125 Å². The zero-order chi connectivity index (χ0) is 15.2. The van der Waals surface area contributed by atoms with Crippen molar-refractivity contribution >= 4 is 11.3 Å². The highest BCUT2D eigenvalue weighted by atomic mass is 32.1. The molecule has 0 saturated heterocycles. The summed E-state index contributed by atoms with van der Waals surface area (Å²) in [4.78, 5) is 0.884. The Hall–Kier alpha value is -0.740. The van der Waals surface area contributed by atoms with Gasteiger partial charge in [-0.05, 0) is 10.8 Å².